The number of nitriles is 1. The zero-order valence-electron chi connectivity index (χ0n) is 75.7. The Balaban J connectivity index is 0.00000126. The summed E-state index contributed by atoms with van der Waals surface area (Å²) in [6, 6.07) is 2.44. The monoisotopic (exact) mass is 1580 g/mol. The van der Waals surface area contributed by atoms with Gasteiger partial charge in [-0.2, -0.15) is 5.26 Å². The molecule has 27 heteroatoms. The molecule has 0 spiro atoms. The number of carbonyl (C=O) groups is 9. The maximum absolute atomic E-state index is 12.4. The molecule has 2 saturated carbocycles. The van der Waals surface area contributed by atoms with E-state index in [0.29, 0.717) is 23.7 Å². The Hall–Kier alpha value is -6.04. The molecule has 7 aliphatic rings. The summed E-state index contributed by atoms with van der Waals surface area (Å²) in [5, 5.41) is 41.3. The van der Waals surface area contributed by atoms with Crippen molar-refractivity contribution in [1.82, 2.24) is 83.0 Å². The van der Waals surface area contributed by atoms with Gasteiger partial charge in [0.1, 0.15) is 11.1 Å². The third-order valence-corrected chi connectivity index (χ3v) is 22.8. The van der Waals surface area contributed by atoms with Crippen LogP contribution in [0.4, 0.5) is 0 Å². The minimum Gasteiger partial charge on any atom is -0.368 e. The quantitative estimate of drug-likeness (QED) is 0.0391. The van der Waals surface area contributed by atoms with Crippen molar-refractivity contribution in [3.05, 3.63) is 0 Å². The lowest BCUT2D eigenvalue weighted by atomic mass is 9.90. The van der Waals surface area contributed by atoms with E-state index in [1.54, 1.807) is 34.7 Å². The normalized spacial score (nSPS) is 22.8. The molecule has 112 heavy (non-hydrogen) atoms. The fraction of sp³-hybridized carbons (Fsp3) is 0.859. The number of nitrogens with zero attached hydrogens (tertiary/aromatic N) is 6. The van der Waals surface area contributed by atoms with Crippen LogP contribution in [0.25, 0.3) is 0 Å². The predicted molar refractivity (Wildman–Crippen MR) is 455 cm³/mol. The molecule has 9 amide bonds. The molecule has 5 heterocycles. The van der Waals surface area contributed by atoms with Crippen molar-refractivity contribution < 1.29 is 43.2 Å². The Bertz CT molecular complexity index is 2880. The van der Waals surface area contributed by atoms with Crippen molar-refractivity contribution in [3.8, 4) is 18.4 Å². The first kappa shape index (κ1) is 106. The molecule has 27 nitrogen and oxygen atoms in total. The Morgan fingerprint density at radius 1 is 0.509 bits per heavy atom. The highest BCUT2D eigenvalue weighted by Gasteiger charge is 2.48. The summed E-state index contributed by atoms with van der Waals surface area (Å²) < 4.78 is 0. The number of nitrogens with one attached hydrogen (secondary N) is 11. The van der Waals surface area contributed by atoms with Gasteiger partial charge >= 0.3 is 0 Å². The van der Waals surface area contributed by atoms with Crippen LogP contribution in [0.5, 0.6) is 0 Å². The van der Waals surface area contributed by atoms with E-state index in [9.17, 15) is 43.2 Å². The number of primary amides is 1. The highest BCUT2D eigenvalue weighted by Crippen LogP contribution is 2.47. The lowest BCUT2D eigenvalue weighted by molar-refractivity contribution is -0.132. The summed E-state index contributed by atoms with van der Waals surface area (Å²) in [4.78, 5) is 116. The number of likely N-dealkylation sites (N-methyl/N-ethyl adjacent to an activating group) is 8. The molecular weight excluding hydrogens is 1420 g/mol. The Labute approximate surface area is 679 Å². The average Bonchev–Trinajstić information content (AvgIpc) is 1.63. The molecule has 0 aromatic heterocycles. The topological polar surface area (TPSA) is 352 Å². The molecule has 2 aliphatic carbocycles. The van der Waals surface area contributed by atoms with Gasteiger partial charge in [-0.1, -0.05) is 73.6 Å². The van der Waals surface area contributed by atoms with E-state index in [-0.39, 0.29) is 107 Å². The molecule has 0 aromatic carbocycles. The second-order valence-electron chi connectivity index (χ2n) is 36.2. The van der Waals surface area contributed by atoms with Crippen molar-refractivity contribution in [3.63, 3.8) is 0 Å². The Morgan fingerprint density at radius 3 is 1.19 bits per heavy atom. The summed E-state index contributed by atoms with van der Waals surface area (Å²) in [6.45, 7) is 46.6. The summed E-state index contributed by atoms with van der Waals surface area (Å²) >= 11 is 0. The first-order valence-electron chi connectivity index (χ1n) is 42.1. The third-order valence-electron chi connectivity index (χ3n) is 22.8. The molecule has 5 saturated heterocycles. The Kier molecular flexibility index (Phi) is 48.4. The number of carbonyl (C=O) groups excluding carboxylic acids is 9. The first-order chi connectivity index (χ1) is 51.9. The highest BCUT2D eigenvalue weighted by molar-refractivity contribution is 5.92. The van der Waals surface area contributed by atoms with Gasteiger partial charge in [-0.3, -0.25) is 67.7 Å². The zero-order valence-corrected chi connectivity index (χ0v) is 75.7. The van der Waals surface area contributed by atoms with E-state index in [1.165, 1.54) is 44.9 Å². The van der Waals surface area contributed by atoms with E-state index in [2.05, 4.69) is 148 Å². The minimum absolute atomic E-state index is 0.00243. The molecular formula is C85H164N18O9. The summed E-state index contributed by atoms with van der Waals surface area (Å²) in [5.74, 6) is 4.85. The number of hydrogen-bond acceptors (Lipinski definition) is 18. The van der Waals surface area contributed by atoms with Crippen LogP contribution in [0.15, 0.2) is 0 Å². The van der Waals surface area contributed by atoms with Crippen molar-refractivity contribution >= 4 is 53.2 Å². The van der Waals surface area contributed by atoms with Crippen LogP contribution in [0.1, 0.15) is 267 Å². The lowest BCUT2D eigenvalue weighted by Gasteiger charge is -2.33. The fourth-order valence-electron chi connectivity index (χ4n) is 14.2. The first-order valence-corrected chi connectivity index (χ1v) is 42.1. The fourth-order valence-corrected chi connectivity index (χ4v) is 14.2. The number of fused-ring (bicyclic) bond motifs is 1. The number of likely N-dealkylation sites (tertiary alicyclic amines) is 5. The SMILES string of the molecule is C#CC(C)(C)NC(=O)[C@@H]1CCCN1C.CC(C)C(C)(C)NC(=O)[C@@H]1CCCN1C.CCC(C)[C@@H](NC)C(=O)NC(C)C.CCCNC(=O)C(C)(C)NC.CN1CCC[C@H]1C(=O)NC(C)(C)C#N.CN1CCC[C@H]1C(=O)NC(C)(C)C(N)=O.CN1CCC[C@H]1C(=O)NC12CCCC1CCC2.CN[C@H](CC(C)C)C(=O)NC(C)C. The van der Waals surface area contributed by atoms with E-state index < -0.39 is 28.1 Å². The molecule has 1 unspecified atom stereocenters. The molecule has 7 fully saturated rings. The van der Waals surface area contributed by atoms with Crippen LogP contribution in [0.2, 0.25) is 0 Å². The molecule has 5 aliphatic heterocycles. The van der Waals surface area contributed by atoms with Gasteiger partial charge in [-0.15, -0.1) is 6.42 Å². The Morgan fingerprint density at radius 2 is 0.884 bits per heavy atom. The zero-order chi connectivity index (χ0) is 86.5. The number of terminal acetylenes is 1. The van der Waals surface area contributed by atoms with E-state index in [1.807, 2.05) is 114 Å². The molecule has 7 rings (SSSR count). The van der Waals surface area contributed by atoms with Crippen molar-refractivity contribution in [2.45, 2.75) is 355 Å². The highest BCUT2D eigenvalue weighted by atomic mass is 16.2. The second-order valence-corrected chi connectivity index (χ2v) is 36.2. The van der Waals surface area contributed by atoms with Crippen LogP contribution < -0.4 is 64.2 Å². The molecule has 8 atom stereocenters. The number of nitrogens with two attached hydrogens (primary N) is 1. The van der Waals surface area contributed by atoms with Crippen molar-refractivity contribution in [2.24, 2.45) is 29.4 Å². The number of hydrogen-bond donors (Lipinski definition) is 12. The van der Waals surface area contributed by atoms with Gasteiger partial charge in [-0.05, 0) is 312 Å². The van der Waals surface area contributed by atoms with Crippen molar-refractivity contribution in [1.29, 1.82) is 5.26 Å². The third kappa shape index (κ3) is 38.2. The van der Waals surface area contributed by atoms with Gasteiger partial charge in [0.2, 0.25) is 53.2 Å². The van der Waals surface area contributed by atoms with Gasteiger partial charge in [0.15, 0.2) is 0 Å². The van der Waals surface area contributed by atoms with E-state index >= 15 is 0 Å². The van der Waals surface area contributed by atoms with E-state index in [4.69, 9.17) is 17.4 Å². The molecule has 0 radical (unpaired) electrons. The molecule has 0 aromatic rings. The number of rotatable bonds is 26. The minimum atomic E-state index is -0.972. The molecule has 0 bridgehead atoms. The van der Waals surface area contributed by atoms with Crippen LogP contribution in [-0.2, 0) is 43.2 Å². The van der Waals surface area contributed by atoms with Gasteiger partial charge < -0.3 is 64.2 Å². The molecule has 648 valence electrons. The smallest absolute Gasteiger partial charge is 0.242 e. The standard InChI is InChI=1S/C14H24N2O.C12H24N2O.C11H18N2O.C10H19N3O2.C10H17N3O.2C10H22N2O.C8H18N2O/c1-16-10-4-7-12(16)13(17)15-14-8-2-5-11(14)6-3-9-14;1-9(2)12(3,4)13-11(15)10-7-6-8-14(10)5;1-5-11(2,3)12-10(14)9-7-6-8-13(9)4;1-10(2,9(11)15)12-8(14)7-5-4-6-13(7)3;1-10(2,7-11)12-9(14)8-5-4-6-13(8)3;1-7(2)6-9(11-5)10(13)12-8(3)4;1-6-8(4)9(11-5)10(13)12-7(2)3;1-5-6-10-7(11)8(2,3)9-4/h11-12H,2-10H2,1H3,(H,15,17);9-10H,6-8H2,1-5H3,(H,13,15);1,9H,6-8H2,2-4H3,(H,12,14);7H,4-6H2,1-3H3,(H2,11,15)(H,12,14);8H,4-6H2,1-3H3,(H,12,14);2*7-9,11H,6H2,1-5H3,(H,12,13);9H,5-6H2,1-4H3,(H,10,11)/t11?,12-,14?;10-;9-;7-;8-;9-;8?,9-;/m0000011./s1. The van der Waals surface area contributed by atoms with E-state index in [0.717, 1.165) is 122 Å². The van der Waals surface area contributed by atoms with Crippen LogP contribution in [-0.4, -0.2) is 261 Å². The summed E-state index contributed by atoms with van der Waals surface area (Å²) in [6.07, 6.45) is 26.1. The maximum atomic E-state index is 12.4. The van der Waals surface area contributed by atoms with Gasteiger partial charge in [0, 0.05) is 29.7 Å². The molecule has 13 N–H and O–H groups in total. The largest absolute Gasteiger partial charge is 0.368 e. The van der Waals surface area contributed by atoms with Crippen molar-refractivity contribution in [2.75, 3.05) is 95.6 Å². The van der Waals surface area contributed by atoms with Gasteiger partial charge in [0.25, 0.3) is 0 Å². The lowest BCUT2D eigenvalue weighted by Crippen LogP contribution is -2.56. The second kappa shape index (κ2) is 51.1. The van der Waals surface area contributed by atoms with Crippen LogP contribution in [0.3, 0.4) is 0 Å². The van der Waals surface area contributed by atoms with Crippen LogP contribution >= 0.6 is 0 Å². The van der Waals surface area contributed by atoms with Crippen LogP contribution in [0, 0.1) is 47.3 Å². The predicted octanol–water partition coefficient (Wildman–Crippen LogP) is 6.92. The number of amides is 9. The summed E-state index contributed by atoms with van der Waals surface area (Å²) in [7, 11) is 15.4. The van der Waals surface area contributed by atoms with Gasteiger partial charge in [-0.25, -0.2) is 0 Å². The average molecular weight is 1580 g/mol. The maximum Gasteiger partial charge on any atom is 0.242 e. The summed E-state index contributed by atoms with van der Waals surface area (Å²) in [5.41, 5.74) is 2.54. The van der Waals surface area contributed by atoms with Gasteiger partial charge in [0.05, 0.1) is 59.4 Å².